The number of aromatic nitrogens is 2. The Bertz CT molecular complexity index is 766. The number of hydrogen-bond acceptors (Lipinski definition) is 9. The fourth-order valence-electron chi connectivity index (χ4n) is 2.16. The molecule has 0 aliphatic heterocycles. The summed E-state index contributed by atoms with van der Waals surface area (Å²) >= 11 is 1.21. The lowest BCUT2D eigenvalue weighted by molar-refractivity contribution is -0.147. The summed E-state index contributed by atoms with van der Waals surface area (Å²) in [5.74, 6) is -0.930. The Morgan fingerprint density at radius 1 is 1.48 bits per heavy atom. The molecular formula is C16H27FN3O7PS. The Balaban J connectivity index is 2.50. The predicted molar refractivity (Wildman–Crippen MR) is 107 cm³/mol. The third kappa shape index (κ3) is 9.26. The number of nitrogens with two attached hydrogens (primary N) is 1. The first-order chi connectivity index (χ1) is 13.6. The molecule has 1 heterocycles. The van der Waals surface area contributed by atoms with Crippen molar-refractivity contribution in [1.82, 2.24) is 9.55 Å². The van der Waals surface area contributed by atoms with E-state index in [-0.39, 0.29) is 38.5 Å². The van der Waals surface area contributed by atoms with Crippen molar-refractivity contribution in [3.63, 3.8) is 0 Å². The van der Waals surface area contributed by atoms with Gasteiger partial charge in [-0.15, -0.1) is 0 Å². The van der Waals surface area contributed by atoms with Crippen LogP contribution in [-0.4, -0.2) is 51.7 Å². The number of phosphoric acid groups is 1. The number of alkyl halides is 1. The lowest BCUT2D eigenvalue weighted by atomic mass is 10.1. The number of nitrogen functional groups attached to an aromatic ring is 1. The van der Waals surface area contributed by atoms with Gasteiger partial charge in [0.25, 0.3) is 0 Å². The molecule has 0 bridgehead atoms. The Hall–Kier alpha value is -1.46. The zero-order valence-corrected chi connectivity index (χ0v) is 18.2. The summed E-state index contributed by atoms with van der Waals surface area (Å²) in [5.41, 5.74) is 4.54. The van der Waals surface area contributed by atoms with E-state index in [4.69, 9.17) is 19.5 Å². The molecule has 0 radical (unpaired) electrons. The highest BCUT2D eigenvalue weighted by Crippen LogP contribution is 2.44. The molecule has 1 unspecified atom stereocenters. The highest BCUT2D eigenvalue weighted by molar-refractivity contribution is 7.99. The van der Waals surface area contributed by atoms with E-state index in [1.165, 1.54) is 24.0 Å². The molecule has 1 aromatic heterocycles. The van der Waals surface area contributed by atoms with E-state index >= 15 is 0 Å². The second-order valence-electron chi connectivity index (χ2n) is 6.11. The summed E-state index contributed by atoms with van der Waals surface area (Å²) in [6.07, 6.45) is 1.18. The van der Waals surface area contributed by atoms with Gasteiger partial charge in [-0.3, -0.25) is 18.4 Å². The third-order valence-electron chi connectivity index (χ3n) is 3.86. The van der Waals surface area contributed by atoms with Gasteiger partial charge < -0.3 is 15.4 Å². The van der Waals surface area contributed by atoms with Gasteiger partial charge in [-0.25, -0.2) is 13.8 Å². The summed E-state index contributed by atoms with van der Waals surface area (Å²) in [5, 5.41) is -0.531. The van der Waals surface area contributed by atoms with Crippen molar-refractivity contribution in [3.8, 4) is 0 Å². The fourth-order valence-corrected chi connectivity index (χ4v) is 3.60. The molecule has 1 rings (SSSR count). The van der Waals surface area contributed by atoms with Crippen molar-refractivity contribution >= 4 is 31.4 Å². The number of ether oxygens (including phenoxy) is 1. The first-order valence-corrected chi connectivity index (χ1v) is 11.7. The smallest absolute Gasteiger partial charge is 0.466 e. The van der Waals surface area contributed by atoms with Crippen LogP contribution in [0.15, 0.2) is 17.1 Å². The van der Waals surface area contributed by atoms with Crippen molar-refractivity contribution in [1.29, 1.82) is 0 Å². The molecule has 0 aliphatic rings. The molecule has 29 heavy (non-hydrogen) atoms. The van der Waals surface area contributed by atoms with Gasteiger partial charge in [-0.2, -0.15) is 16.7 Å². The van der Waals surface area contributed by atoms with E-state index in [1.54, 1.807) is 20.1 Å². The van der Waals surface area contributed by atoms with Gasteiger partial charge in [0, 0.05) is 17.9 Å². The number of esters is 1. The van der Waals surface area contributed by atoms with E-state index in [1.807, 2.05) is 0 Å². The van der Waals surface area contributed by atoms with Gasteiger partial charge in [-0.05, 0) is 25.7 Å². The molecule has 0 amide bonds. The molecule has 0 saturated carbocycles. The topological polar surface area (TPSA) is 143 Å². The van der Waals surface area contributed by atoms with Gasteiger partial charge in [0.2, 0.25) is 0 Å². The molecular weight excluding hydrogens is 428 g/mol. The minimum atomic E-state index is -4.38. The first-order valence-electron chi connectivity index (χ1n) is 8.89. The number of anilines is 1. The Morgan fingerprint density at radius 2 is 2.17 bits per heavy atom. The van der Waals surface area contributed by atoms with Crippen LogP contribution in [-0.2, 0) is 23.1 Å². The molecule has 13 heteroatoms. The number of thioether (sulfide) groups is 1. The van der Waals surface area contributed by atoms with Crippen molar-refractivity contribution < 1.29 is 32.4 Å². The molecule has 0 fully saturated rings. The van der Waals surface area contributed by atoms with Gasteiger partial charge >= 0.3 is 19.5 Å². The lowest BCUT2D eigenvalue weighted by Crippen LogP contribution is -2.27. The largest absolute Gasteiger partial charge is 0.472 e. The number of phosphoric ester groups is 1. The van der Waals surface area contributed by atoms with Crippen molar-refractivity contribution in [2.45, 2.75) is 38.2 Å². The van der Waals surface area contributed by atoms with Crippen molar-refractivity contribution in [2.75, 3.05) is 31.8 Å². The second-order valence-corrected chi connectivity index (χ2v) is 8.70. The second kappa shape index (κ2) is 12.3. The predicted octanol–water partition coefficient (Wildman–Crippen LogP) is 2.14. The molecule has 0 spiro atoms. The highest BCUT2D eigenvalue weighted by atomic mass is 32.2. The zero-order chi connectivity index (χ0) is 22.0. The average Bonchev–Trinajstić information content (AvgIpc) is 2.64. The molecule has 0 aromatic carbocycles. The Labute approximate surface area is 172 Å². The number of nitrogens with zero attached hydrogens (tertiary/aromatic N) is 2. The SMILES string of the molecule is CCOC(=O)[C@H](C)CCOP(=O)(O)OC[C@H](C[C@H](F)n1ccc(N)nc1=O)SC. The first kappa shape index (κ1) is 25.6. The van der Waals surface area contributed by atoms with Crippen LogP contribution < -0.4 is 11.4 Å². The van der Waals surface area contributed by atoms with E-state index in [0.29, 0.717) is 0 Å². The van der Waals surface area contributed by atoms with Crippen LogP contribution in [0, 0.1) is 5.92 Å². The quantitative estimate of drug-likeness (QED) is 0.335. The van der Waals surface area contributed by atoms with E-state index < -0.39 is 36.9 Å². The maximum Gasteiger partial charge on any atom is 0.472 e. The summed E-state index contributed by atoms with van der Waals surface area (Å²) < 4.78 is 41.8. The molecule has 166 valence electrons. The third-order valence-corrected chi connectivity index (χ3v) is 5.84. The van der Waals surface area contributed by atoms with Gasteiger partial charge in [0.05, 0.1) is 25.7 Å². The summed E-state index contributed by atoms with van der Waals surface area (Å²) in [6, 6.07) is 1.30. The molecule has 0 aliphatic carbocycles. The number of rotatable bonds is 13. The van der Waals surface area contributed by atoms with Crippen LogP contribution in [0.2, 0.25) is 0 Å². The minimum absolute atomic E-state index is 0.0150. The monoisotopic (exact) mass is 455 g/mol. The number of carbonyl (C=O) groups excluding carboxylic acids is 1. The van der Waals surface area contributed by atoms with Crippen molar-refractivity contribution in [2.24, 2.45) is 5.92 Å². The van der Waals surface area contributed by atoms with Gasteiger partial charge in [0.1, 0.15) is 5.82 Å². The van der Waals surface area contributed by atoms with Crippen LogP contribution >= 0.6 is 19.6 Å². The lowest BCUT2D eigenvalue weighted by Gasteiger charge is -2.20. The van der Waals surface area contributed by atoms with E-state index in [2.05, 4.69) is 4.98 Å². The summed E-state index contributed by atoms with van der Waals surface area (Å²) in [7, 11) is -4.38. The summed E-state index contributed by atoms with van der Waals surface area (Å²) in [4.78, 5) is 36.4. The number of halogens is 1. The standard InChI is InChI=1S/C16H27FN3O7PS/c1-4-25-15(21)11(2)6-8-26-28(23,24)27-10-12(29-3)9-13(17)20-7-5-14(18)19-16(20)22/h5,7,11-13H,4,6,8-10H2,1-3H3,(H,23,24)(H2,18,19,22)/t11-,12+,13-/m1/s1. The molecule has 0 saturated heterocycles. The van der Waals surface area contributed by atoms with Gasteiger partial charge in [0.15, 0.2) is 6.30 Å². The van der Waals surface area contributed by atoms with E-state index in [0.717, 1.165) is 4.57 Å². The highest BCUT2D eigenvalue weighted by Gasteiger charge is 2.26. The van der Waals surface area contributed by atoms with Crippen LogP contribution in [0.5, 0.6) is 0 Å². The molecule has 10 nitrogen and oxygen atoms in total. The summed E-state index contributed by atoms with van der Waals surface area (Å²) in [6.45, 7) is 3.08. The molecule has 1 aromatic rings. The normalized spacial score (nSPS) is 16.6. The number of hydrogen-bond donors (Lipinski definition) is 2. The Morgan fingerprint density at radius 3 is 2.76 bits per heavy atom. The van der Waals surface area contributed by atoms with Crippen LogP contribution in [0.25, 0.3) is 0 Å². The maximum atomic E-state index is 14.4. The van der Waals surface area contributed by atoms with Crippen molar-refractivity contribution in [3.05, 3.63) is 22.7 Å². The molecule has 3 N–H and O–H groups in total. The number of carbonyl (C=O) groups is 1. The van der Waals surface area contributed by atoms with Crippen LogP contribution in [0.1, 0.15) is 33.0 Å². The fraction of sp³-hybridized carbons (Fsp3) is 0.688. The van der Waals surface area contributed by atoms with E-state index in [9.17, 15) is 23.4 Å². The molecule has 4 atom stereocenters. The average molecular weight is 455 g/mol. The maximum absolute atomic E-state index is 14.4. The van der Waals surface area contributed by atoms with Crippen LogP contribution in [0.3, 0.4) is 0 Å². The van der Waals surface area contributed by atoms with Gasteiger partial charge in [-0.1, -0.05) is 6.92 Å². The minimum Gasteiger partial charge on any atom is -0.466 e. The Kier molecular flexibility index (Phi) is 10.8. The van der Waals surface area contributed by atoms with Crippen LogP contribution in [0.4, 0.5) is 10.2 Å². The zero-order valence-electron chi connectivity index (χ0n) is 16.5.